The number of aliphatic carboxylic acids is 1. The van der Waals surface area contributed by atoms with Crippen molar-refractivity contribution in [2.75, 3.05) is 18.0 Å². The van der Waals surface area contributed by atoms with Crippen molar-refractivity contribution < 1.29 is 9.90 Å². The van der Waals surface area contributed by atoms with Crippen molar-refractivity contribution in [3.8, 4) is 11.4 Å². The fourth-order valence-electron chi connectivity index (χ4n) is 4.31. The van der Waals surface area contributed by atoms with Crippen LogP contribution < -0.4 is 4.90 Å². The molecule has 4 heterocycles. The van der Waals surface area contributed by atoms with Crippen LogP contribution in [-0.2, 0) is 17.6 Å². The fraction of sp³-hybridized carbons (Fsp3) is 0.429. The first-order valence-corrected chi connectivity index (χ1v) is 10.6. The van der Waals surface area contributed by atoms with Crippen molar-refractivity contribution in [2.45, 2.75) is 39.0 Å². The molecule has 0 bridgehead atoms. The lowest BCUT2D eigenvalue weighted by Gasteiger charge is -2.23. The quantitative estimate of drug-likeness (QED) is 0.725. The van der Waals surface area contributed by atoms with Crippen LogP contribution in [-0.4, -0.2) is 39.1 Å². The van der Waals surface area contributed by atoms with E-state index in [9.17, 15) is 9.90 Å². The van der Waals surface area contributed by atoms with E-state index in [-0.39, 0.29) is 0 Å². The molecule has 1 unspecified atom stereocenters. The van der Waals surface area contributed by atoms with Gasteiger partial charge in [-0.25, -0.2) is 9.97 Å². The van der Waals surface area contributed by atoms with Crippen molar-refractivity contribution >= 4 is 33.3 Å². The molecule has 6 nitrogen and oxygen atoms in total. The second-order valence-corrected chi connectivity index (χ2v) is 9.12. The smallest absolute Gasteiger partial charge is 0.311 e. The minimum absolute atomic E-state index is 0.478. The van der Waals surface area contributed by atoms with E-state index < -0.39 is 11.4 Å². The summed E-state index contributed by atoms with van der Waals surface area (Å²) in [5.74, 6) is 0.825. The van der Waals surface area contributed by atoms with Gasteiger partial charge < -0.3 is 10.0 Å². The molecule has 0 saturated carbocycles. The zero-order valence-corrected chi connectivity index (χ0v) is 16.6. The molecule has 28 heavy (non-hydrogen) atoms. The first kappa shape index (κ1) is 17.6. The summed E-state index contributed by atoms with van der Waals surface area (Å²) in [6, 6.07) is 3.86. The third-order valence-electron chi connectivity index (χ3n) is 6.00. The Kier molecular flexibility index (Phi) is 4.08. The molecule has 1 N–H and O–H groups in total. The van der Waals surface area contributed by atoms with Gasteiger partial charge in [0.15, 0.2) is 5.82 Å². The van der Waals surface area contributed by atoms with Gasteiger partial charge in [0, 0.05) is 35.9 Å². The second-order valence-electron chi connectivity index (χ2n) is 8.04. The average Bonchev–Trinajstić information content (AvgIpc) is 3.29. The van der Waals surface area contributed by atoms with Gasteiger partial charge in [0.25, 0.3) is 0 Å². The lowest BCUT2D eigenvalue weighted by Crippen LogP contribution is -2.32. The molecule has 7 heteroatoms. The monoisotopic (exact) mass is 394 g/mol. The molecule has 2 aliphatic rings. The number of carbonyl (C=O) groups is 1. The Labute approximate surface area is 167 Å². The Balaban J connectivity index is 1.69. The molecule has 5 rings (SSSR count). The predicted octanol–water partition coefficient (Wildman–Crippen LogP) is 3.93. The number of anilines is 1. The number of carboxylic acids is 1. The third-order valence-corrected chi connectivity index (χ3v) is 7.19. The Morgan fingerprint density at radius 3 is 2.89 bits per heavy atom. The summed E-state index contributed by atoms with van der Waals surface area (Å²) in [6.45, 7) is 3.01. The first-order chi connectivity index (χ1) is 13.5. The highest BCUT2D eigenvalue weighted by Crippen LogP contribution is 2.43. The highest BCUT2D eigenvalue weighted by Gasteiger charge is 2.42. The fourth-order valence-corrected chi connectivity index (χ4v) is 5.56. The van der Waals surface area contributed by atoms with Gasteiger partial charge in [-0.05, 0) is 56.7 Å². The average molecular weight is 395 g/mol. The molecular formula is C21H22N4O2S. The second kappa shape index (κ2) is 6.51. The van der Waals surface area contributed by atoms with Gasteiger partial charge in [0.1, 0.15) is 10.6 Å². The van der Waals surface area contributed by atoms with Crippen LogP contribution in [0.25, 0.3) is 21.6 Å². The molecule has 3 aromatic heterocycles. The first-order valence-electron chi connectivity index (χ1n) is 9.76. The molecule has 1 atom stereocenters. The van der Waals surface area contributed by atoms with E-state index in [4.69, 9.17) is 9.97 Å². The highest BCUT2D eigenvalue weighted by molar-refractivity contribution is 7.19. The highest BCUT2D eigenvalue weighted by atomic mass is 32.1. The maximum atomic E-state index is 11.8. The van der Waals surface area contributed by atoms with Crippen molar-refractivity contribution in [1.29, 1.82) is 0 Å². The van der Waals surface area contributed by atoms with Gasteiger partial charge in [-0.15, -0.1) is 11.3 Å². The normalized spacial score (nSPS) is 21.8. The number of nitrogens with zero attached hydrogens (tertiary/aromatic N) is 4. The lowest BCUT2D eigenvalue weighted by atomic mass is 9.90. The van der Waals surface area contributed by atoms with Gasteiger partial charge in [0.05, 0.1) is 10.8 Å². The molecule has 0 aromatic carbocycles. The van der Waals surface area contributed by atoms with Crippen LogP contribution in [0.15, 0.2) is 24.5 Å². The van der Waals surface area contributed by atoms with Crippen molar-refractivity contribution in [2.24, 2.45) is 5.41 Å². The van der Waals surface area contributed by atoms with E-state index in [1.165, 1.54) is 23.3 Å². The molecule has 144 valence electrons. The lowest BCUT2D eigenvalue weighted by molar-refractivity contribution is -0.146. The van der Waals surface area contributed by atoms with Gasteiger partial charge in [-0.3, -0.25) is 9.78 Å². The standard InChI is InChI=1S/C21H22N4O2S/c1-21(20(26)27)8-10-25(12-21)18-16-14-6-2-3-7-15(14)28-19(16)24-17(23-18)13-5-4-9-22-11-13/h4-5,9,11H,2-3,6-8,10,12H2,1H3,(H,26,27). The number of pyridine rings is 1. The Hall–Kier alpha value is -2.54. The number of hydrogen-bond donors (Lipinski definition) is 1. The van der Waals surface area contributed by atoms with E-state index >= 15 is 0 Å². The summed E-state index contributed by atoms with van der Waals surface area (Å²) < 4.78 is 0. The van der Waals surface area contributed by atoms with Crippen molar-refractivity contribution in [1.82, 2.24) is 15.0 Å². The number of aromatic nitrogens is 3. The van der Waals surface area contributed by atoms with Crippen LogP contribution in [0.2, 0.25) is 0 Å². The van der Waals surface area contributed by atoms with Crippen LogP contribution in [0, 0.1) is 5.41 Å². The maximum Gasteiger partial charge on any atom is 0.311 e. The zero-order chi connectivity index (χ0) is 19.3. The molecule has 3 aromatic rings. The Morgan fingerprint density at radius 2 is 2.14 bits per heavy atom. The van der Waals surface area contributed by atoms with Crippen molar-refractivity contribution in [3.63, 3.8) is 0 Å². The summed E-state index contributed by atoms with van der Waals surface area (Å²) in [5, 5.41) is 10.8. The number of hydrogen-bond acceptors (Lipinski definition) is 6. The van der Waals surface area contributed by atoms with E-state index in [1.807, 2.05) is 19.1 Å². The molecule has 1 aliphatic heterocycles. The number of thiophene rings is 1. The van der Waals surface area contributed by atoms with E-state index in [2.05, 4.69) is 9.88 Å². The number of rotatable bonds is 3. The van der Waals surface area contributed by atoms with E-state index in [0.29, 0.717) is 25.3 Å². The molecule has 0 radical (unpaired) electrons. The summed E-state index contributed by atoms with van der Waals surface area (Å²) in [4.78, 5) is 30.4. The third kappa shape index (κ3) is 2.76. The number of carboxylic acid groups (broad SMARTS) is 1. The molecule has 1 saturated heterocycles. The molecule has 0 spiro atoms. The van der Waals surface area contributed by atoms with Crippen LogP contribution in [0.3, 0.4) is 0 Å². The SMILES string of the molecule is CC1(C(=O)O)CCN(c2nc(-c3cccnc3)nc3sc4c(c23)CCCC4)C1. The largest absolute Gasteiger partial charge is 0.481 e. The molecule has 0 amide bonds. The van der Waals surface area contributed by atoms with E-state index in [0.717, 1.165) is 34.4 Å². The molecule has 1 fully saturated rings. The topological polar surface area (TPSA) is 79.2 Å². The summed E-state index contributed by atoms with van der Waals surface area (Å²) in [6.07, 6.45) is 8.72. The van der Waals surface area contributed by atoms with Gasteiger partial charge in [0.2, 0.25) is 0 Å². The number of aryl methyl sites for hydroxylation is 2. The number of fused-ring (bicyclic) bond motifs is 3. The minimum Gasteiger partial charge on any atom is -0.481 e. The van der Waals surface area contributed by atoms with Crippen LogP contribution >= 0.6 is 11.3 Å². The summed E-state index contributed by atoms with van der Waals surface area (Å²) in [7, 11) is 0. The summed E-state index contributed by atoms with van der Waals surface area (Å²) >= 11 is 1.77. The minimum atomic E-state index is -0.736. The van der Waals surface area contributed by atoms with Gasteiger partial charge in [-0.2, -0.15) is 0 Å². The van der Waals surface area contributed by atoms with Crippen molar-refractivity contribution in [3.05, 3.63) is 35.0 Å². The predicted molar refractivity (Wildman–Crippen MR) is 110 cm³/mol. The Bertz CT molecular complexity index is 1070. The van der Waals surface area contributed by atoms with Crippen LogP contribution in [0.4, 0.5) is 5.82 Å². The summed E-state index contributed by atoms with van der Waals surface area (Å²) in [5.41, 5.74) is 1.53. The van der Waals surface area contributed by atoms with E-state index in [1.54, 1.807) is 23.7 Å². The van der Waals surface area contributed by atoms with Crippen LogP contribution in [0.1, 0.15) is 36.6 Å². The van der Waals surface area contributed by atoms with Gasteiger partial charge in [-0.1, -0.05) is 0 Å². The van der Waals surface area contributed by atoms with Gasteiger partial charge >= 0.3 is 5.97 Å². The van der Waals surface area contributed by atoms with Crippen LogP contribution in [0.5, 0.6) is 0 Å². The Morgan fingerprint density at radius 1 is 1.29 bits per heavy atom. The zero-order valence-electron chi connectivity index (χ0n) is 15.8. The molecule has 1 aliphatic carbocycles. The maximum absolute atomic E-state index is 11.8. The molecular weight excluding hydrogens is 372 g/mol.